The van der Waals surface area contributed by atoms with Crippen molar-refractivity contribution in [2.75, 3.05) is 19.6 Å². The van der Waals surface area contributed by atoms with Gasteiger partial charge >= 0.3 is 0 Å². The molecule has 1 aliphatic heterocycles. The first kappa shape index (κ1) is 11.1. The van der Waals surface area contributed by atoms with Crippen molar-refractivity contribution in [3.63, 3.8) is 0 Å². The van der Waals surface area contributed by atoms with Gasteiger partial charge in [-0.05, 0) is 12.5 Å². The Labute approximate surface area is 94.4 Å². The van der Waals surface area contributed by atoms with E-state index in [0.717, 1.165) is 12.4 Å². The minimum atomic E-state index is 0.200. The van der Waals surface area contributed by atoms with Gasteiger partial charge in [-0.15, -0.1) is 0 Å². The minimum Gasteiger partial charge on any atom is -0.342 e. The molecule has 0 aromatic carbocycles. The number of carbonyl (C=O) groups is 1. The molecule has 1 aromatic heterocycles. The van der Waals surface area contributed by atoms with Crippen molar-refractivity contribution in [3.05, 3.63) is 12.2 Å². The lowest BCUT2D eigenvalue weighted by atomic mass is 10.1. The average Bonchev–Trinajstić information content (AvgIpc) is 2.82. The van der Waals surface area contributed by atoms with Gasteiger partial charge in [-0.1, -0.05) is 0 Å². The molecule has 88 valence electrons. The fourth-order valence-electron chi connectivity index (χ4n) is 1.96. The van der Waals surface area contributed by atoms with E-state index in [9.17, 15) is 4.79 Å². The topological polar surface area (TPSA) is 77.0 Å². The van der Waals surface area contributed by atoms with Crippen LogP contribution in [0, 0.1) is 5.92 Å². The molecule has 1 aromatic rings. The number of hydrogen-bond acceptors (Lipinski definition) is 4. The van der Waals surface area contributed by atoms with Crippen LogP contribution in [0.5, 0.6) is 0 Å². The van der Waals surface area contributed by atoms with Crippen LogP contribution < -0.4 is 5.73 Å². The van der Waals surface area contributed by atoms with Crippen LogP contribution in [0.25, 0.3) is 0 Å². The van der Waals surface area contributed by atoms with E-state index in [1.54, 1.807) is 11.0 Å². The highest BCUT2D eigenvalue weighted by atomic mass is 16.2. The molecule has 1 fully saturated rings. The number of nitrogens with zero attached hydrogens (tertiary/aromatic N) is 4. The van der Waals surface area contributed by atoms with Crippen LogP contribution in [-0.2, 0) is 18.3 Å². The number of amides is 1. The summed E-state index contributed by atoms with van der Waals surface area (Å²) in [5.41, 5.74) is 5.56. The van der Waals surface area contributed by atoms with E-state index < -0.39 is 0 Å². The second kappa shape index (κ2) is 4.61. The van der Waals surface area contributed by atoms with Crippen LogP contribution in [-0.4, -0.2) is 45.2 Å². The van der Waals surface area contributed by atoms with E-state index in [0.29, 0.717) is 31.8 Å². The normalized spacial score (nSPS) is 20.8. The van der Waals surface area contributed by atoms with Gasteiger partial charge in [0.15, 0.2) is 5.82 Å². The van der Waals surface area contributed by atoms with Crippen molar-refractivity contribution in [2.24, 2.45) is 18.7 Å². The van der Waals surface area contributed by atoms with Crippen molar-refractivity contribution < 1.29 is 4.79 Å². The lowest BCUT2D eigenvalue weighted by molar-refractivity contribution is -0.127. The Kier molecular flexibility index (Phi) is 3.19. The van der Waals surface area contributed by atoms with E-state index in [-0.39, 0.29) is 5.91 Å². The zero-order chi connectivity index (χ0) is 11.5. The Balaban J connectivity index is 1.84. The number of nitrogens with two attached hydrogens (primary N) is 1. The van der Waals surface area contributed by atoms with Crippen molar-refractivity contribution >= 4 is 5.91 Å². The van der Waals surface area contributed by atoms with Gasteiger partial charge in [0.1, 0.15) is 6.33 Å². The predicted molar refractivity (Wildman–Crippen MR) is 58.4 cm³/mol. The molecule has 0 saturated carbocycles. The molecule has 6 nitrogen and oxygen atoms in total. The third-order valence-electron chi connectivity index (χ3n) is 2.88. The maximum absolute atomic E-state index is 11.6. The summed E-state index contributed by atoms with van der Waals surface area (Å²) < 4.78 is 1.67. The Morgan fingerprint density at radius 2 is 2.44 bits per heavy atom. The molecule has 0 bridgehead atoms. The molecule has 1 atom stereocenters. The maximum atomic E-state index is 11.6. The summed E-state index contributed by atoms with van der Waals surface area (Å²) in [4.78, 5) is 17.6. The molecule has 2 N–H and O–H groups in total. The zero-order valence-corrected chi connectivity index (χ0v) is 9.46. The zero-order valence-electron chi connectivity index (χ0n) is 9.46. The molecular formula is C10H17N5O. The highest BCUT2D eigenvalue weighted by molar-refractivity contribution is 5.78. The van der Waals surface area contributed by atoms with Gasteiger partial charge in [-0.2, -0.15) is 5.10 Å². The van der Waals surface area contributed by atoms with Crippen LogP contribution in [0.15, 0.2) is 6.33 Å². The van der Waals surface area contributed by atoms with E-state index in [2.05, 4.69) is 10.1 Å². The number of aromatic nitrogens is 3. The Hall–Kier alpha value is -1.43. The predicted octanol–water partition coefficient (Wildman–Crippen LogP) is -0.835. The third-order valence-corrected chi connectivity index (χ3v) is 2.88. The van der Waals surface area contributed by atoms with Crippen LogP contribution in [0.1, 0.15) is 12.2 Å². The van der Waals surface area contributed by atoms with Crippen LogP contribution in [0.4, 0.5) is 0 Å². The van der Waals surface area contributed by atoms with Gasteiger partial charge in [-0.25, -0.2) is 4.98 Å². The molecule has 1 saturated heterocycles. The van der Waals surface area contributed by atoms with Crippen molar-refractivity contribution in [3.8, 4) is 0 Å². The number of hydrogen-bond donors (Lipinski definition) is 1. The maximum Gasteiger partial charge on any atom is 0.222 e. The lowest BCUT2D eigenvalue weighted by Crippen LogP contribution is -2.28. The second-order valence-electron chi connectivity index (χ2n) is 4.23. The lowest BCUT2D eigenvalue weighted by Gasteiger charge is -2.14. The van der Waals surface area contributed by atoms with Gasteiger partial charge in [0.2, 0.25) is 5.91 Å². The molecule has 2 heterocycles. The van der Waals surface area contributed by atoms with Crippen LogP contribution in [0.3, 0.4) is 0 Å². The summed E-state index contributed by atoms with van der Waals surface area (Å²) in [6.45, 7) is 2.06. The summed E-state index contributed by atoms with van der Waals surface area (Å²) in [6, 6.07) is 0. The first-order valence-electron chi connectivity index (χ1n) is 5.51. The molecule has 1 amide bonds. The smallest absolute Gasteiger partial charge is 0.222 e. The largest absolute Gasteiger partial charge is 0.342 e. The fourth-order valence-corrected chi connectivity index (χ4v) is 1.96. The third kappa shape index (κ3) is 2.38. The van der Waals surface area contributed by atoms with E-state index in [1.807, 2.05) is 11.9 Å². The molecule has 0 spiro atoms. The molecule has 6 heteroatoms. The molecule has 0 radical (unpaired) electrons. The van der Waals surface area contributed by atoms with Crippen molar-refractivity contribution in [2.45, 2.75) is 12.8 Å². The standard InChI is InChI=1S/C10H17N5O/c1-14-7-12-9(13-14)2-3-15-6-8(5-11)4-10(15)16/h7-8H,2-6,11H2,1H3. The molecule has 2 rings (SSSR count). The van der Waals surface area contributed by atoms with Gasteiger partial charge in [0.25, 0.3) is 0 Å². The first-order valence-corrected chi connectivity index (χ1v) is 5.51. The minimum absolute atomic E-state index is 0.200. The fraction of sp³-hybridized carbons (Fsp3) is 0.700. The number of likely N-dealkylation sites (tertiary alicyclic amines) is 1. The Bertz CT molecular complexity index is 375. The van der Waals surface area contributed by atoms with Crippen LogP contribution >= 0.6 is 0 Å². The summed E-state index contributed by atoms with van der Waals surface area (Å²) in [5.74, 6) is 1.31. The van der Waals surface area contributed by atoms with Gasteiger partial charge < -0.3 is 10.6 Å². The molecule has 1 unspecified atom stereocenters. The van der Waals surface area contributed by atoms with Crippen LogP contribution in [0.2, 0.25) is 0 Å². The number of carbonyl (C=O) groups excluding carboxylic acids is 1. The summed E-state index contributed by atoms with van der Waals surface area (Å²) in [7, 11) is 1.84. The van der Waals surface area contributed by atoms with Crippen molar-refractivity contribution in [1.29, 1.82) is 0 Å². The summed E-state index contributed by atoms with van der Waals surface area (Å²) >= 11 is 0. The number of rotatable bonds is 4. The van der Waals surface area contributed by atoms with Gasteiger partial charge in [0, 0.05) is 33.0 Å². The summed E-state index contributed by atoms with van der Waals surface area (Å²) in [6.07, 6.45) is 2.97. The Morgan fingerprint density at radius 3 is 3.00 bits per heavy atom. The molecular weight excluding hydrogens is 206 g/mol. The van der Waals surface area contributed by atoms with Crippen molar-refractivity contribution in [1.82, 2.24) is 19.7 Å². The molecule has 1 aliphatic rings. The monoisotopic (exact) mass is 223 g/mol. The highest BCUT2D eigenvalue weighted by Gasteiger charge is 2.28. The van der Waals surface area contributed by atoms with Gasteiger partial charge in [-0.3, -0.25) is 9.48 Å². The highest BCUT2D eigenvalue weighted by Crippen LogP contribution is 2.16. The molecule has 16 heavy (non-hydrogen) atoms. The van der Waals surface area contributed by atoms with E-state index in [4.69, 9.17) is 5.73 Å². The quantitative estimate of drug-likeness (QED) is 0.722. The second-order valence-corrected chi connectivity index (χ2v) is 4.23. The van der Waals surface area contributed by atoms with E-state index in [1.165, 1.54) is 0 Å². The number of aryl methyl sites for hydroxylation is 1. The average molecular weight is 223 g/mol. The Morgan fingerprint density at radius 1 is 1.62 bits per heavy atom. The van der Waals surface area contributed by atoms with Gasteiger partial charge in [0.05, 0.1) is 0 Å². The first-order chi connectivity index (χ1) is 7.69. The van der Waals surface area contributed by atoms with E-state index >= 15 is 0 Å². The summed E-state index contributed by atoms with van der Waals surface area (Å²) in [5, 5.41) is 4.18. The molecule has 0 aliphatic carbocycles. The SMILES string of the molecule is Cn1cnc(CCN2CC(CN)CC2=O)n1.